The molecule has 4 rings (SSSR count). The SMILES string of the molecule is CC(C)(C)OC(=O)N1CCN(c2nc(-c3ccccc3F)c3cc(C(F)(F)F)ccc3n2)CC1. The molecule has 3 aromatic rings. The van der Waals surface area contributed by atoms with Gasteiger partial charge in [0.05, 0.1) is 16.8 Å². The molecule has 1 saturated heterocycles. The van der Waals surface area contributed by atoms with Gasteiger partial charge in [0, 0.05) is 37.1 Å². The number of benzene rings is 2. The lowest BCUT2D eigenvalue weighted by Crippen LogP contribution is -2.50. The van der Waals surface area contributed by atoms with Crippen LogP contribution in [0, 0.1) is 5.82 Å². The van der Waals surface area contributed by atoms with Crippen LogP contribution in [0.4, 0.5) is 28.3 Å². The number of hydrogen-bond acceptors (Lipinski definition) is 5. The minimum absolute atomic E-state index is 0.0822. The predicted molar refractivity (Wildman–Crippen MR) is 120 cm³/mol. The summed E-state index contributed by atoms with van der Waals surface area (Å²) in [6, 6.07) is 8.97. The highest BCUT2D eigenvalue weighted by molar-refractivity contribution is 5.94. The van der Waals surface area contributed by atoms with Crippen molar-refractivity contribution in [3.63, 3.8) is 0 Å². The largest absolute Gasteiger partial charge is 0.444 e. The zero-order valence-corrected chi connectivity index (χ0v) is 19.0. The number of aromatic nitrogens is 2. The van der Waals surface area contributed by atoms with Crippen molar-refractivity contribution in [1.82, 2.24) is 14.9 Å². The van der Waals surface area contributed by atoms with Crippen LogP contribution in [0.25, 0.3) is 22.2 Å². The van der Waals surface area contributed by atoms with Crippen molar-refractivity contribution >= 4 is 22.9 Å². The summed E-state index contributed by atoms with van der Waals surface area (Å²) < 4.78 is 60.1. The van der Waals surface area contributed by atoms with Crippen LogP contribution >= 0.6 is 0 Å². The maximum absolute atomic E-state index is 14.6. The van der Waals surface area contributed by atoms with Crippen molar-refractivity contribution in [2.75, 3.05) is 31.1 Å². The molecule has 0 bridgehead atoms. The number of rotatable bonds is 2. The summed E-state index contributed by atoms with van der Waals surface area (Å²) in [7, 11) is 0. The number of ether oxygens (including phenoxy) is 1. The van der Waals surface area contributed by atoms with Crippen LogP contribution in [0.5, 0.6) is 0 Å². The third-order valence-corrected chi connectivity index (χ3v) is 5.35. The van der Waals surface area contributed by atoms with E-state index >= 15 is 0 Å². The lowest BCUT2D eigenvalue weighted by atomic mass is 10.0. The second-order valence-electron chi connectivity index (χ2n) is 9.04. The van der Waals surface area contributed by atoms with Gasteiger partial charge in [-0.3, -0.25) is 0 Å². The first-order valence-corrected chi connectivity index (χ1v) is 10.8. The predicted octanol–water partition coefficient (Wildman–Crippen LogP) is 5.51. The molecule has 0 spiro atoms. The minimum atomic E-state index is -4.56. The van der Waals surface area contributed by atoms with E-state index in [1.165, 1.54) is 24.3 Å². The summed E-state index contributed by atoms with van der Waals surface area (Å²) in [5, 5.41) is 0.107. The number of piperazine rings is 1. The highest BCUT2D eigenvalue weighted by Gasteiger charge is 2.32. The number of amides is 1. The Morgan fingerprint density at radius 2 is 1.65 bits per heavy atom. The molecule has 1 aromatic heterocycles. The maximum Gasteiger partial charge on any atom is 0.416 e. The van der Waals surface area contributed by atoms with Gasteiger partial charge in [0.15, 0.2) is 0 Å². The van der Waals surface area contributed by atoms with Gasteiger partial charge in [0.1, 0.15) is 11.4 Å². The number of halogens is 4. The van der Waals surface area contributed by atoms with Gasteiger partial charge in [-0.15, -0.1) is 0 Å². The molecule has 0 radical (unpaired) electrons. The van der Waals surface area contributed by atoms with Gasteiger partial charge in [-0.25, -0.2) is 19.2 Å². The Bertz CT molecular complexity index is 1220. The van der Waals surface area contributed by atoms with Crippen LogP contribution in [0.3, 0.4) is 0 Å². The molecule has 0 unspecified atom stereocenters. The number of carbonyl (C=O) groups is 1. The Hall–Kier alpha value is -3.43. The highest BCUT2D eigenvalue weighted by Crippen LogP contribution is 2.35. The van der Waals surface area contributed by atoms with Crippen molar-refractivity contribution in [3.05, 3.63) is 53.8 Å². The molecule has 0 aliphatic carbocycles. The van der Waals surface area contributed by atoms with Crippen LogP contribution in [0.2, 0.25) is 0 Å². The van der Waals surface area contributed by atoms with Gasteiger partial charge >= 0.3 is 12.3 Å². The van der Waals surface area contributed by atoms with E-state index in [9.17, 15) is 22.4 Å². The number of anilines is 1. The molecular formula is C24H24F4N4O2. The van der Waals surface area contributed by atoms with Crippen LogP contribution in [-0.2, 0) is 10.9 Å². The number of nitrogens with zero attached hydrogens (tertiary/aromatic N) is 4. The summed E-state index contributed by atoms with van der Waals surface area (Å²) >= 11 is 0. The molecule has 1 aliphatic heterocycles. The number of alkyl halides is 3. The van der Waals surface area contributed by atoms with Gasteiger partial charge in [-0.2, -0.15) is 13.2 Å². The monoisotopic (exact) mass is 476 g/mol. The first-order chi connectivity index (χ1) is 15.9. The van der Waals surface area contributed by atoms with E-state index in [2.05, 4.69) is 9.97 Å². The fourth-order valence-electron chi connectivity index (χ4n) is 3.71. The molecule has 0 N–H and O–H groups in total. The summed E-state index contributed by atoms with van der Waals surface area (Å²) in [5.74, 6) is -0.338. The van der Waals surface area contributed by atoms with Gasteiger partial charge in [-0.05, 0) is 51.1 Å². The number of fused-ring (bicyclic) bond motifs is 1. The molecule has 34 heavy (non-hydrogen) atoms. The van der Waals surface area contributed by atoms with Gasteiger partial charge < -0.3 is 14.5 Å². The lowest BCUT2D eigenvalue weighted by molar-refractivity contribution is -0.137. The van der Waals surface area contributed by atoms with Crippen LogP contribution in [0.1, 0.15) is 26.3 Å². The fourth-order valence-corrected chi connectivity index (χ4v) is 3.71. The van der Waals surface area contributed by atoms with Crippen molar-refractivity contribution in [2.45, 2.75) is 32.5 Å². The summed E-state index contributed by atoms with van der Waals surface area (Å²) in [6.45, 7) is 6.87. The normalized spacial score (nSPS) is 15.0. The van der Waals surface area contributed by atoms with Crippen molar-refractivity contribution in [1.29, 1.82) is 0 Å². The number of hydrogen-bond donors (Lipinski definition) is 0. The molecule has 2 aromatic carbocycles. The molecule has 1 amide bonds. The van der Waals surface area contributed by atoms with Gasteiger partial charge in [0.25, 0.3) is 0 Å². The molecule has 10 heteroatoms. The van der Waals surface area contributed by atoms with E-state index < -0.39 is 29.3 Å². The average molecular weight is 476 g/mol. The molecule has 0 saturated carbocycles. The molecule has 2 heterocycles. The lowest BCUT2D eigenvalue weighted by Gasteiger charge is -2.35. The Morgan fingerprint density at radius 1 is 0.971 bits per heavy atom. The van der Waals surface area contributed by atoms with Crippen LogP contribution in [-0.4, -0.2) is 52.7 Å². The minimum Gasteiger partial charge on any atom is -0.444 e. The van der Waals surface area contributed by atoms with Crippen molar-refractivity contribution < 1.29 is 27.1 Å². The smallest absolute Gasteiger partial charge is 0.416 e. The molecule has 0 atom stereocenters. The molecule has 6 nitrogen and oxygen atoms in total. The zero-order valence-electron chi connectivity index (χ0n) is 19.0. The summed E-state index contributed by atoms with van der Waals surface area (Å²) in [5.41, 5.74) is -1.04. The second-order valence-corrected chi connectivity index (χ2v) is 9.04. The second kappa shape index (κ2) is 8.73. The molecule has 1 fully saturated rings. The number of carbonyl (C=O) groups excluding carboxylic acids is 1. The Labute approximate surface area is 194 Å². The van der Waals surface area contributed by atoms with Crippen LogP contribution < -0.4 is 4.90 Å². The first-order valence-electron chi connectivity index (χ1n) is 10.8. The average Bonchev–Trinajstić information content (AvgIpc) is 2.77. The van der Waals surface area contributed by atoms with Gasteiger partial charge in [-0.1, -0.05) is 12.1 Å². The van der Waals surface area contributed by atoms with Gasteiger partial charge in [0.2, 0.25) is 5.95 Å². The maximum atomic E-state index is 14.6. The molecule has 180 valence electrons. The summed E-state index contributed by atoms with van der Waals surface area (Å²) in [4.78, 5) is 24.7. The van der Waals surface area contributed by atoms with E-state index in [0.717, 1.165) is 12.1 Å². The summed E-state index contributed by atoms with van der Waals surface area (Å²) in [6.07, 6.45) is -4.98. The zero-order chi connectivity index (χ0) is 24.7. The first kappa shape index (κ1) is 23.7. The standard InChI is InChI=1S/C24H24F4N4O2/c1-23(2,3)34-22(33)32-12-10-31(11-13-32)21-29-19-9-8-15(24(26,27)28)14-17(19)20(30-21)16-6-4-5-7-18(16)25/h4-9,14H,10-13H2,1-3H3. The van der Waals surface area contributed by atoms with Crippen molar-refractivity contribution in [2.24, 2.45) is 0 Å². The fraction of sp³-hybridized carbons (Fsp3) is 0.375. The molecule has 1 aliphatic rings. The Balaban J connectivity index is 1.70. The highest BCUT2D eigenvalue weighted by atomic mass is 19.4. The third kappa shape index (κ3) is 5.05. The van der Waals surface area contributed by atoms with Crippen LogP contribution in [0.15, 0.2) is 42.5 Å². The van der Waals surface area contributed by atoms with E-state index in [1.54, 1.807) is 31.7 Å². The third-order valence-electron chi connectivity index (χ3n) is 5.35. The quantitative estimate of drug-likeness (QED) is 0.457. The van der Waals surface area contributed by atoms with Crippen molar-refractivity contribution in [3.8, 4) is 11.3 Å². The molecular weight excluding hydrogens is 452 g/mol. The van der Waals surface area contributed by atoms with E-state index in [4.69, 9.17) is 4.74 Å². The Morgan fingerprint density at radius 3 is 2.26 bits per heavy atom. The van der Waals surface area contributed by atoms with E-state index in [-0.39, 0.29) is 28.1 Å². The van der Waals surface area contributed by atoms with E-state index in [0.29, 0.717) is 26.2 Å². The topological polar surface area (TPSA) is 58.6 Å². The van der Waals surface area contributed by atoms with E-state index in [1.807, 2.05) is 4.90 Å². The Kier molecular flexibility index (Phi) is 6.09.